The summed E-state index contributed by atoms with van der Waals surface area (Å²) in [6.07, 6.45) is 0.589. The van der Waals surface area contributed by atoms with Crippen LogP contribution in [0.2, 0.25) is 0 Å². The third-order valence-corrected chi connectivity index (χ3v) is 6.42. The average Bonchev–Trinajstić information content (AvgIpc) is 2.88. The van der Waals surface area contributed by atoms with Gasteiger partial charge < -0.3 is 4.74 Å². The highest BCUT2D eigenvalue weighted by Crippen LogP contribution is 2.26. The van der Waals surface area contributed by atoms with E-state index in [9.17, 15) is 17.6 Å². The Labute approximate surface area is 215 Å². The van der Waals surface area contributed by atoms with Crippen molar-refractivity contribution in [2.75, 3.05) is 0 Å². The standard InChI is InChI=1S/C32H30F4O/c1-2-3-23-4-6-24(7-5-23)10-11-27-16-21-30(31(33)22-27)28-17-12-25(13-18-28)8-9-26-14-19-29(20-15-26)37-32(34,35)36/h4-7,12-22H,2-3,8-11H2,1H3. The Morgan fingerprint density at radius 3 is 1.49 bits per heavy atom. The molecule has 0 bridgehead atoms. The zero-order valence-electron chi connectivity index (χ0n) is 20.8. The lowest BCUT2D eigenvalue weighted by Gasteiger charge is -2.10. The van der Waals surface area contributed by atoms with E-state index in [1.165, 1.54) is 23.3 Å². The van der Waals surface area contributed by atoms with E-state index >= 15 is 0 Å². The zero-order valence-corrected chi connectivity index (χ0v) is 20.8. The smallest absolute Gasteiger partial charge is 0.406 e. The minimum absolute atomic E-state index is 0.227. The first-order chi connectivity index (χ1) is 17.8. The number of rotatable bonds is 10. The molecule has 0 aromatic heterocycles. The van der Waals surface area contributed by atoms with Crippen LogP contribution in [-0.4, -0.2) is 6.36 Å². The molecule has 0 radical (unpaired) electrons. The van der Waals surface area contributed by atoms with E-state index in [1.54, 1.807) is 18.2 Å². The van der Waals surface area contributed by atoms with Crippen LogP contribution in [0.3, 0.4) is 0 Å². The highest BCUT2D eigenvalue weighted by molar-refractivity contribution is 5.64. The monoisotopic (exact) mass is 506 g/mol. The number of hydrogen-bond donors (Lipinski definition) is 0. The minimum Gasteiger partial charge on any atom is -0.406 e. The van der Waals surface area contributed by atoms with Crippen LogP contribution in [0.4, 0.5) is 17.6 Å². The Kier molecular flexibility index (Phi) is 8.65. The summed E-state index contributed by atoms with van der Waals surface area (Å²) in [5, 5.41) is 0. The van der Waals surface area contributed by atoms with Crippen LogP contribution in [0, 0.1) is 5.82 Å². The summed E-state index contributed by atoms with van der Waals surface area (Å²) < 4.78 is 55.7. The number of alkyl halides is 3. The molecule has 0 aliphatic heterocycles. The van der Waals surface area contributed by atoms with E-state index in [0.717, 1.165) is 54.4 Å². The van der Waals surface area contributed by atoms with Gasteiger partial charge in [-0.25, -0.2) is 4.39 Å². The van der Waals surface area contributed by atoms with E-state index < -0.39 is 6.36 Å². The van der Waals surface area contributed by atoms with Gasteiger partial charge in [0.1, 0.15) is 11.6 Å². The van der Waals surface area contributed by atoms with Crippen molar-refractivity contribution in [1.82, 2.24) is 0 Å². The summed E-state index contributed by atoms with van der Waals surface area (Å²) in [6, 6.07) is 27.8. The largest absolute Gasteiger partial charge is 0.573 e. The first kappa shape index (κ1) is 26.5. The van der Waals surface area contributed by atoms with Gasteiger partial charge in [-0.2, -0.15) is 0 Å². The molecule has 1 nitrogen and oxygen atoms in total. The van der Waals surface area contributed by atoms with Gasteiger partial charge in [-0.05, 0) is 83.7 Å². The first-order valence-electron chi connectivity index (χ1n) is 12.6. The van der Waals surface area contributed by atoms with Crippen molar-refractivity contribution in [1.29, 1.82) is 0 Å². The molecular weight excluding hydrogens is 476 g/mol. The maximum Gasteiger partial charge on any atom is 0.573 e. The van der Waals surface area contributed by atoms with Gasteiger partial charge in [-0.3, -0.25) is 0 Å². The second-order valence-electron chi connectivity index (χ2n) is 9.27. The van der Waals surface area contributed by atoms with Gasteiger partial charge in [0.15, 0.2) is 0 Å². The third kappa shape index (κ3) is 7.94. The van der Waals surface area contributed by atoms with Crippen molar-refractivity contribution in [2.24, 2.45) is 0 Å². The maximum atomic E-state index is 14.9. The van der Waals surface area contributed by atoms with E-state index in [0.29, 0.717) is 12.0 Å². The predicted octanol–water partition coefficient (Wildman–Crippen LogP) is 8.91. The van der Waals surface area contributed by atoms with Gasteiger partial charge in [0.05, 0.1) is 0 Å². The number of aryl methyl sites for hydroxylation is 5. The zero-order chi connectivity index (χ0) is 26.3. The third-order valence-electron chi connectivity index (χ3n) is 6.42. The molecule has 0 fully saturated rings. The molecule has 0 saturated heterocycles. The summed E-state index contributed by atoms with van der Waals surface area (Å²) in [4.78, 5) is 0. The second kappa shape index (κ2) is 12.1. The number of benzene rings is 4. The summed E-state index contributed by atoms with van der Waals surface area (Å²) in [7, 11) is 0. The Hall–Kier alpha value is -3.60. The molecule has 0 atom stereocenters. The molecule has 0 saturated carbocycles. The maximum absolute atomic E-state index is 14.9. The van der Waals surface area contributed by atoms with Crippen LogP contribution in [0.5, 0.6) is 5.75 Å². The van der Waals surface area contributed by atoms with E-state index in [2.05, 4.69) is 35.9 Å². The average molecular weight is 507 g/mol. The van der Waals surface area contributed by atoms with Crippen molar-refractivity contribution in [3.05, 3.63) is 125 Å². The Bertz CT molecular complexity index is 1270. The molecule has 0 spiro atoms. The van der Waals surface area contributed by atoms with E-state index in [-0.39, 0.29) is 11.6 Å². The van der Waals surface area contributed by atoms with Crippen LogP contribution < -0.4 is 4.74 Å². The SMILES string of the molecule is CCCc1ccc(CCc2ccc(-c3ccc(CCc4ccc(OC(F)(F)F)cc4)cc3)c(F)c2)cc1. The quantitative estimate of drug-likeness (QED) is 0.195. The Balaban J connectivity index is 1.31. The number of halogens is 4. The molecule has 0 unspecified atom stereocenters. The molecule has 0 aliphatic rings. The molecule has 4 rings (SSSR count). The summed E-state index contributed by atoms with van der Waals surface area (Å²) >= 11 is 0. The Morgan fingerprint density at radius 2 is 1.00 bits per heavy atom. The van der Waals surface area contributed by atoms with Gasteiger partial charge in [0.2, 0.25) is 0 Å². The van der Waals surface area contributed by atoms with Crippen molar-refractivity contribution in [3.63, 3.8) is 0 Å². The van der Waals surface area contributed by atoms with Crippen molar-refractivity contribution in [2.45, 2.75) is 51.8 Å². The first-order valence-corrected chi connectivity index (χ1v) is 12.6. The highest BCUT2D eigenvalue weighted by atomic mass is 19.4. The lowest BCUT2D eigenvalue weighted by Crippen LogP contribution is -2.17. The molecule has 4 aromatic carbocycles. The van der Waals surface area contributed by atoms with Gasteiger partial charge >= 0.3 is 6.36 Å². The molecule has 37 heavy (non-hydrogen) atoms. The van der Waals surface area contributed by atoms with Crippen molar-refractivity contribution < 1.29 is 22.3 Å². The van der Waals surface area contributed by atoms with Gasteiger partial charge in [0, 0.05) is 5.56 Å². The lowest BCUT2D eigenvalue weighted by atomic mass is 9.97. The van der Waals surface area contributed by atoms with Crippen LogP contribution in [-0.2, 0) is 32.1 Å². The van der Waals surface area contributed by atoms with Crippen molar-refractivity contribution in [3.8, 4) is 16.9 Å². The second-order valence-corrected chi connectivity index (χ2v) is 9.27. The van der Waals surface area contributed by atoms with Gasteiger partial charge in [-0.15, -0.1) is 13.2 Å². The molecule has 0 aliphatic carbocycles. The van der Waals surface area contributed by atoms with E-state index in [1.807, 2.05) is 36.4 Å². The van der Waals surface area contributed by atoms with Gasteiger partial charge in [0.25, 0.3) is 0 Å². The molecule has 0 N–H and O–H groups in total. The highest BCUT2D eigenvalue weighted by Gasteiger charge is 2.30. The predicted molar refractivity (Wildman–Crippen MR) is 140 cm³/mol. The van der Waals surface area contributed by atoms with Crippen LogP contribution in [0.15, 0.2) is 91.0 Å². The fourth-order valence-electron chi connectivity index (χ4n) is 4.40. The topological polar surface area (TPSA) is 9.23 Å². The molecule has 4 aromatic rings. The van der Waals surface area contributed by atoms with Crippen LogP contribution in [0.1, 0.15) is 41.2 Å². The van der Waals surface area contributed by atoms with E-state index in [4.69, 9.17) is 0 Å². The summed E-state index contributed by atoms with van der Waals surface area (Å²) in [5.74, 6) is -0.459. The number of hydrogen-bond acceptors (Lipinski definition) is 1. The fraction of sp³-hybridized carbons (Fsp3) is 0.250. The fourth-order valence-corrected chi connectivity index (χ4v) is 4.40. The lowest BCUT2D eigenvalue weighted by molar-refractivity contribution is -0.274. The normalized spacial score (nSPS) is 11.5. The molecule has 0 amide bonds. The number of ether oxygens (including phenoxy) is 1. The van der Waals surface area contributed by atoms with Gasteiger partial charge in [-0.1, -0.05) is 86.1 Å². The van der Waals surface area contributed by atoms with Crippen LogP contribution in [0.25, 0.3) is 11.1 Å². The molecule has 5 heteroatoms. The summed E-state index contributed by atoms with van der Waals surface area (Å²) in [5.41, 5.74) is 6.94. The molecular formula is C32H30F4O. The molecule has 192 valence electrons. The Morgan fingerprint density at radius 1 is 0.568 bits per heavy atom. The van der Waals surface area contributed by atoms with Crippen molar-refractivity contribution >= 4 is 0 Å². The summed E-state index contributed by atoms with van der Waals surface area (Å²) in [6.45, 7) is 2.17. The van der Waals surface area contributed by atoms with Crippen LogP contribution >= 0.6 is 0 Å². The molecule has 0 heterocycles. The minimum atomic E-state index is -4.69.